The van der Waals surface area contributed by atoms with E-state index in [1.54, 1.807) is 23.9 Å². The van der Waals surface area contributed by atoms with E-state index in [-0.39, 0.29) is 12.5 Å². The Morgan fingerprint density at radius 2 is 1.93 bits per heavy atom. The van der Waals surface area contributed by atoms with E-state index in [2.05, 4.69) is 10.3 Å². The number of para-hydroxylation sites is 2. The smallest absolute Gasteiger partial charge is 0.244 e. The van der Waals surface area contributed by atoms with Crippen molar-refractivity contribution in [3.63, 3.8) is 0 Å². The maximum Gasteiger partial charge on any atom is 0.244 e. The SMILES string of the molecule is COc1cc(Cl)c(NC(=O)Cn2c(CSC)nc3ccccc32)cc1OC. The number of aromatic nitrogens is 2. The van der Waals surface area contributed by atoms with Gasteiger partial charge in [0.1, 0.15) is 12.4 Å². The lowest BCUT2D eigenvalue weighted by atomic mass is 10.2. The minimum absolute atomic E-state index is 0.140. The van der Waals surface area contributed by atoms with Crippen LogP contribution in [-0.2, 0) is 17.1 Å². The van der Waals surface area contributed by atoms with E-state index in [1.807, 2.05) is 35.1 Å². The number of ether oxygens (including phenoxy) is 2. The lowest BCUT2D eigenvalue weighted by Gasteiger charge is -2.13. The van der Waals surface area contributed by atoms with Crippen LogP contribution in [-0.4, -0.2) is 35.9 Å². The molecule has 8 heteroatoms. The molecule has 0 bridgehead atoms. The van der Waals surface area contributed by atoms with Crippen LogP contribution in [0.4, 0.5) is 5.69 Å². The van der Waals surface area contributed by atoms with Crippen molar-refractivity contribution in [3.05, 3.63) is 47.2 Å². The van der Waals surface area contributed by atoms with Crippen molar-refractivity contribution in [1.29, 1.82) is 0 Å². The van der Waals surface area contributed by atoms with Gasteiger partial charge in [-0.15, -0.1) is 0 Å². The third kappa shape index (κ3) is 4.14. The highest BCUT2D eigenvalue weighted by Crippen LogP contribution is 2.36. The van der Waals surface area contributed by atoms with E-state index >= 15 is 0 Å². The van der Waals surface area contributed by atoms with Crippen LogP contribution in [0.25, 0.3) is 11.0 Å². The fourth-order valence-corrected chi connectivity index (χ4v) is 3.50. The topological polar surface area (TPSA) is 65.4 Å². The molecule has 0 aliphatic carbocycles. The summed E-state index contributed by atoms with van der Waals surface area (Å²) in [4.78, 5) is 17.3. The first-order valence-corrected chi connectivity index (χ1v) is 9.99. The summed E-state index contributed by atoms with van der Waals surface area (Å²) >= 11 is 7.93. The van der Waals surface area contributed by atoms with Crippen molar-refractivity contribution >= 4 is 46.0 Å². The fraction of sp³-hybridized carbons (Fsp3) is 0.263. The van der Waals surface area contributed by atoms with Crippen molar-refractivity contribution < 1.29 is 14.3 Å². The molecule has 3 aromatic rings. The number of hydrogen-bond donors (Lipinski definition) is 1. The number of fused-ring (bicyclic) bond motifs is 1. The number of amides is 1. The van der Waals surface area contributed by atoms with Crippen molar-refractivity contribution in [1.82, 2.24) is 9.55 Å². The number of halogens is 1. The molecule has 1 aromatic heterocycles. The van der Waals surface area contributed by atoms with Crippen LogP contribution in [0.2, 0.25) is 5.02 Å². The van der Waals surface area contributed by atoms with Gasteiger partial charge in [0.15, 0.2) is 11.5 Å². The van der Waals surface area contributed by atoms with Crippen LogP contribution >= 0.6 is 23.4 Å². The van der Waals surface area contributed by atoms with E-state index in [4.69, 9.17) is 21.1 Å². The number of rotatable bonds is 7. The second-order valence-electron chi connectivity index (χ2n) is 5.77. The number of carbonyl (C=O) groups excluding carboxylic acids is 1. The van der Waals surface area contributed by atoms with E-state index in [1.165, 1.54) is 14.2 Å². The molecular formula is C19H20ClN3O3S. The highest BCUT2D eigenvalue weighted by atomic mass is 35.5. The molecule has 0 atom stereocenters. The van der Waals surface area contributed by atoms with Gasteiger partial charge in [0.2, 0.25) is 5.91 Å². The second kappa shape index (κ2) is 8.54. The van der Waals surface area contributed by atoms with Gasteiger partial charge in [-0.3, -0.25) is 4.79 Å². The second-order valence-corrected chi connectivity index (χ2v) is 7.04. The van der Waals surface area contributed by atoms with Gasteiger partial charge in [-0.25, -0.2) is 4.98 Å². The number of carbonyl (C=O) groups is 1. The van der Waals surface area contributed by atoms with E-state index < -0.39 is 0 Å². The molecule has 0 saturated heterocycles. The average Bonchev–Trinajstić information content (AvgIpc) is 3.00. The van der Waals surface area contributed by atoms with Gasteiger partial charge in [0.05, 0.1) is 41.7 Å². The first kappa shape index (κ1) is 19.4. The zero-order valence-electron chi connectivity index (χ0n) is 15.3. The maximum atomic E-state index is 12.7. The van der Waals surface area contributed by atoms with Crippen LogP contribution in [0.5, 0.6) is 11.5 Å². The van der Waals surface area contributed by atoms with Gasteiger partial charge < -0.3 is 19.4 Å². The largest absolute Gasteiger partial charge is 0.493 e. The molecule has 0 aliphatic rings. The summed E-state index contributed by atoms with van der Waals surface area (Å²) < 4.78 is 12.4. The standard InChI is InChI=1S/C19H20ClN3O3S/c1-25-16-8-12(20)14(9-17(16)26-2)22-19(24)10-23-15-7-5-4-6-13(15)21-18(23)11-27-3/h4-9H,10-11H2,1-3H3,(H,22,24). The maximum absolute atomic E-state index is 12.7. The summed E-state index contributed by atoms with van der Waals surface area (Å²) in [6.07, 6.45) is 2.01. The Bertz CT molecular complexity index is 974. The van der Waals surface area contributed by atoms with Gasteiger partial charge in [-0.2, -0.15) is 11.8 Å². The molecule has 3 rings (SSSR count). The zero-order chi connectivity index (χ0) is 19.4. The molecule has 142 valence electrons. The van der Waals surface area contributed by atoms with Crippen molar-refractivity contribution in [2.24, 2.45) is 0 Å². The fourth-order valence-electron chi connectivity index (χ4n) is 2.82. The van der Waals surface area contributed by atoms with Crippen molar-refractivity contribution in [2.75, 3.05) is 25.8 Å². The molecule has 27 heavy (non-hydrogen) atoms. The number of nitrogens with one attached hydrogen (secondary N) is 1. The molecular weight excluding hydrogens is 386 g/mol. The molecule has 1 amide bonds. The molecule has 0 spiro atoms. The Morgan fingerprint density at radius 1 is 1.22 bits per heavy atom. The number of methoxy groups -OCH3 is 2. The lowest BCUT2D eigenvalue weighted by molar-refractivity contribution is -0.116. The molecule has 0 saturated carbocycles. The Labute approximate surface area is 166 Å². The number of benzene rings is 2. The Kier molecular flexibility index (Phi) is 6.13. The molecule has 1 N–H and O–H groups in total. The minimum atomic E-state index is -0.199. The Balaban J connectivity index is 1.86. The normalized spacial score (nSPS) is 10.8. The number of nitrogens with zero attached hydrogens (tertiary/aromatic N) is 2. The van der Waals surface area contributed by atoms with Gasteiger partial charge in [-0.05, 0) is 18.4 Å². The summed E-state index contributed by atoms with van der Waals surface area (Å²) in [5.74, 6) is 2.38. The van der Waals surface area contributed by atoms with Crippen LogP contribution in [0.1, 0.15) is 5.82 Å². The first-order chi connectivity index (χ1) is 13.1. The third-order valence-corrected chi connectivity index (χ3v) is 4.92. The van der Waals surface area contributed by atoms with Crippen LogP contribution in [0, 0.1) is 0 Å². The molecule has 1 heterocycles. The molecule has 0 fully saturated rings. The first-order valence-electron chi connectivity index (χ1n) is 8.21. The zero-order valence-corrected chi connectivity index (χ0v) is 16.9. The quantitative estimate of drug-likeness (QED) is 0.637. The van der Waals surface area contributed by atoms with E-state index in [9.17, 15) is 4.79 Å². The highest BCUT2D eigenvalue weighted by Gasteiger charge is 2.16. The van der Waals surface area contributed by atoms with Crippen molar-refractivity contribution in [3.8, 4) is 11.5 Å². The molecule has 0 aliphatic heterocycles. The van der Waals surface area contributed by atoms with Crippen LogP contribution in [0.15, 0.2) is 36.4 Å². The summed E-state index contributed by atoms with van der Waals surface area (Å²) in [5.41, 5.74) is 2.27. The molecule has 2 aromatic carbocycles. The van der Waals surface area contributed by atoms with Gasteiger partial charge in [-0.1, -0.05) is 23.7 Å². The Morgan fingerprint density at radius 3 is 2.63 bits per heavy atom. The summed E-state index contributed by atoms with van der Waals surface area (Å²) in [7, 11) is 3.06. The van der Waals surface area contributed by atoms with E-state index in [0.717, 1.165) is 22.6 Å². The van der Waals surface area contributed by atoms with Gasteiger partial charge in [0, 0.05) is 12.1 Å². The monoisotopic (exact) mass is 405 g/mol. The van der Waals surface area contributed by atoms with Crippen LogP contribution < -0.4 is 14.8 Å². The third-order valence-electron chi connectivity index (χ3n) is 4.06. The summed E-state index contributed by atoms with van der Waals surface area (Å²) in [5, 5.41) is 3.22. The molecule has 6 nitrogen and oxygen atoms in total. The molecule has 0 unspecified atom stereocenters. The predicted octanol–water partition coefficient (Wildman–Crippen LogP) is 4.21. The summed E-state index contributed by atoms with van der Waals surface area (Å²) in [6, 6.07) is 11.0. The number of anilines is 1. The van der Waals surface area contributed by atoms with Crippen molar-refractivity contribution in [2.45, 2.75) is 12.3 Å². The lowest BCUT2D eigenvalue weighted by Crippen LogP contribution is -2.20. The number of thioether (sulfide) groups is 1. The van der Waals surface area contributed by atoms with Crippen LogP contribution in [0.3, 0.4) is 0 Å². The summed E-state index contributed by atoms with van der Waals surface area (Å²) in [6.45, 7) is 0.140. The Hall–Kier alpha value is -2.38. The minimum Gasteiger partial charge on any atom is -0.493 e. The van der Waals surface area contributed by atoms with Gasteiger partial charge in [0.25, 0.3) is 0 Å². The highest BCUT2D eigenvalue weighted by molar-refractivity contribution is 7.97. The van der Waals surface area contributed by atoms with Gasteiger partial charge >= 0.3 is 0 Å². The number of hydrogen-bond acceptors (Lipinski definition) is 5. The predicted molar refractivity (Wildman–Crippen MR) is 110 cm³/mol. The molecule has 0 radical (unpaired) electrons. The average molecular weight is 406 g/mol. The number of imidazole rings is 1. The van der Waals surface area contributed by atoms with E-state index in [0.29, 0.717) is 22.2 Å².